The maximum atomic E-state index is 12.6. The Hall–Kier alpha value is -2.21. The van der Waals surface area contributed by atoms with E-state index in [2.05, 4.69) is 45.9 Å². The van der Waals surface area contributed by atoms with Crippen molar-refractivity contribution in [2.75, 3.05) is 13.9 Å². The van der Waals surface area contributed by atoms with Crippen LogP contribution >= 0.6 is 0 Å². The summed E-state index contributed by atoms with van der Waals surface area (Å²) in [5.74, 6) is 1.85. The summed E-state index contributed by atoms with van der Waals surface area (Å²) in [5, 5.41) is 0. The largest absolute Gasteiger partial charge is 0.487 e. The van der Waals surface area contributed by atoms with Crippen molar-refractivity contribution in [1.82, 2.24) is 0 Å². The zero-order chi connectivity index (χ0) is 26.9. The van der Waals surface area contributed by atoms with Crippen LogP contribution < -0.4 is 9.47 Å². The molecule has 0 aromatic heterocycles. The number of fused-ring (bicyclic) bond motifs is 1. The van der Waals surface area contributed by atoms with E-state index < -0.39 is 11.7 Å². The van der Waals surface area contributed by atoms with Crippen LogP contribution in [0.2, 0.25) is 0 Å². The molecule has 3 nitrogen and oxygen atoms in total. The monoisotopic (exact) mass is 508 g/mol. The van der Waals surface area contributed by atoms with Crippen molar-refractivity contribution in [3.05, 3.63) is 57.7 Å². The van der Waals surface area contributed by atoms with E-state index in [0.29, 0.717) is 12.8 Å². The number of halogens is 3. The molecule has 0 saturated heterocycles. The third kappa shape index (κ3) is 9.02. The Labute approximate surface area is 215 Å². The Balaban J connectivity index is 1.84. The highest BCUT2D eigenvalue weighted by Crippen LogP contribution is 2.42. The Morgan fingerprint density at radius 1 is 1.00 bits per heavy atom. The predicted octanol–water partition coefficient (Wildman–Crippen LogP) is 9.11. The van der Waals surface area contributed by atoms with Crippen molar-refractivity contribution in [2.45, 2.75) is 105 Å². The molecule has 1 unspecified atom stereocenters. The molecule has 1 aliphatic heterocycles. The average Bonchev–Trinajstić information content (AvgIpc) is 2.80. The second-order valence-electron chi connectivity index (χ2n) is 10.3. The lowest BCUT2D eigenvalue weighted by molar-refractivity contribution is -0.0915. The van der Waals surface area contributed by atoms with E-state index in [-0.39, 0.29) is 12.4 Å². The fourth-order valence-electron chi connectivity index (χ4n) is 4.41. The van der Waals surface area contributed by atoms with Crippen molar-refractivity contribution in [2.24, 2.45) is 0 Å². The number of alkyl halides is 3. The van der Waals surface area contributed by atoms with Crippen LogP contribution in [0.1, 0.15) is 89.3 Å². The standard InChI is InChI=1S/C30H43F3O3/c1-21(13-9-15-23(3)30(31,32)33)11-8-12-22(2)14-10-17-29(6)18-16-26-19-27(35-20-34-7)24(4)25(5)28(26)36-29/h11,14-15,19H,8-10,12-13,16-18,20H2,1-7H3/b21-11+,22-14+,23-15-. The van der Waals surface area contributed by atoms with Gasteiger partial charge in [0.25, 0.3) is 0 Å². The Morgan fingerprint density at radius 3 is 2.22 bits per heavy atom. The molecule has 0 aliphatic carbocycles. The van der Waals surface area contributed by atoms with E-state index in [1.54, 1.807) is 7.11 Å². The van der Waals surface area contributed by atoms with Gasteiger partial charge in [-0.3, -0.25) is 0 Å². The molecular weight excluding hydrogens is 465 g/mol. The van der Waals surface area contributed by atoms with Gasteiger partial charge in [-0.25, -0.2) is 0 Å². The Morgan fingerprint density at radius 2 is 1.61 bits per heavy atom. The Bertz CT molecular complexity index is 973. The predicted molar refractivity (Wildman–Crippen MR) is 141 cm³/mol. The first-order valence-corrected chi connectivity index (χ1v) is 12.9. The first-order chi connectivity index (χ1) is 16.9. The minimum absolute atomic E-state index is 0.200. The van der Waals surface area contributed by atoms with Gasteiger partial charge in [0.05, 0.1) is 0 Å². The first-order valence-electron chi connectivity index (χ1n) is 12.9. The molecule has 0 fully saturated rings. The number of ether oxygens (including phenoxy) is 3. The van der Waals surface area contributed by atoms with Gasteiger partial charge in [0.15, 0.2) is 6.79 Å². The third-order valence-electron chi connectivity index (χ3n) is 7.11. The highest BCUT2D eigenvalue weighted by atomic mass is 19.4. The normalized spacial score (nSPS) is 19.2. The summed E-state index contributed by atoms with van der Waals surface area (Å²) in [6.45, 7) is 11.8. The van der Waals surface area contributed by atoms with Crippen molar-refractivity contribution in [3.63, 3.8) is 0 Å². The summed E-state index contributed by atoms with van der Waals surface area (Å²) in [7, 11) is 1.62. The molecule has 1 heterocycles. The summed E-state index contributed by atoms with van der Waals surface area (Å²) >= 11 is 0. The molecule has 1 aromatic rings. The number of hydrogen-bond acceptors (Lipinski definition) is 3. The van der Waals surface area contributed by atoms with Crippen LogP contribution in [0.25, 0.3) is 0 Å². The summed E-state index contributed by atoms with van der Waals surface area (Å²) < 4.78 is 55.0. The van der Waals surface area contributed by atoms with Gasteiger partial charge < -0.3 is 14.2 Å². The summed E-state index contributed by atoms with van der Waals surface area (Å²) in [4.78, 5) is 0. The molecule has 0 spiro atoms. The molecule has 0 N–H and O–H groups in total. The molecule has 1 atom stereocenters. The van der Waals surface area contributed by atoms with Gasteiger partial charge in [-0.2, -0.15) is 13.2 Å². The maximum absolute atomic E-state index is 12.6. The van der Waals surface area contributed by atoms with Crippen LogP contribution in [0.3, 0.4) is 0 Å². The van der Waals surface area contributed by atoms with Gasteiger partial charge in [-0.15, -0.1) is 0 Å². The van der Waals surface area contributed by atoms with Crippen LogP contribution in [0.5, 0.6) is 11.5 Å². The second kappa shape index (κ2) is 13.4. The average molecular weight is 509 g/mol. The number of hydrogen-bond donors (Lipinski definition) is 0. The molecule has 2 rings (SSSR count). The van der Waals surface area contributed by atoms with E-state index in [1.165, 1.54) is 17.2 Å². The van der Waals surface area contributed by atoms with Crippen molar-refractivity contribution >= 4 is 0 Å². The molecule has 1 aliphatic rings. The van der Waals surface area contributed by atoms with Gasteiger partial charge >= 0.3 is 6.18 Å². The van der Waals surface area contributed by atoms with E-state index in [1.807, 2.05) is 6.92 Å². The summed E-state index contributed by atoms with van der Waals surface area (Å²) in [6, 6.07) is 2.09. The molecule has 1 aromatic carbocycles. The quantitative estimate of drug-likeness (QED) is 0.208. The van der Waals surface area contributed by atoms with Gasteiger partial charge in [0, 0.05) is 12.7 Å². The van der Waals surface area contributed by atoms with Crippen molar-refractivity contribution < 1.29 is 27.4 Å². The van der Waals surface area contributed by atoms with Gasteiger partial charge in [0.1, 0.15) is 17.1 Å². The zero-order valence-corrected chi connectivity index (χ0v) is 23.0. The highest BCUT2D eigenvalue weighted by molar-refractivity contribution is 5.53. The van der Waals surface area contributed by atoms with Crippen LogP contribution in [-0.4, -0.2) is 25.7 Å². The minimum atomic E-state index is -4.22. The van der Waals surface area contributed by atoms with Crippen LogP contribution in [0, 0.1) is 13.8 Å². The zero-order valence-electron chi connectivity index (χ0n) is 23.0. The Kier molecular flexibility index (Phi) is 11.1. The molecule has 0 bridgehead atoms. The maximum Gasteiger partial charge on any atom is 0.412 e. The van der Waals surface area contributed by atoms with Crippen LogP contribution in [0.4, 0.5) is 13.2 Å². The molecule has 0 amide bonds. The molecule has 36 heavy (non-hydrogen) atoms. The summed E-state index contributed by atoms with van der Waals surface area (Å²) in [6.07, 6.45) is 8.27. The SMILES string of the molecule is COCOc1cc2c(c(C)c1C)OC(C)(CC/C=C(\C)CC/C=C(\C)CC/C=C(/C)C(F)(F)F)CC2. The molecule has 6 heteroatoms. The second-order valence-corrected chi connectivity index (χ2v) is 10.3. The van der Waals surface area contributed by atoms with Crippen LogP contribution in [-0.2, 0) is 11.2 Å². The molecular formula is C30H43F3O3. The number of benzene rings is 1. The van der Waals surface area contributed by atoms with E-state index in [4.69, 9.17) is 14.2 Å². The van der Waals surface area contributed by atoms with Gasteiger partial charge in [0.2, 0.25) is 0 Å². The van der Waals surface area contributed by atoms with Crippen molar-refractivity contribution in [3.8, 4) is 11.5 Å². The minimum Gasteiger partial charge on any atom is -0.487 e. The highest BCUT2D eigenvalue weighted by Gasteiger charge is 2.33. The van der Waals surface area contributed by atoms with Crippen molar-refractivity contribution in [1.29, 1.82) is 0 Å². The number of aryl methyl sites for hydroxylation is 1. The topological polar surface area (TPSA) is 27.7 Å². The number of allylic oxidation sites excluding steroid dienone is 6. The van der Waals surface area contributed by atoms with Crippen LogP contribution in [0.15, 0.2) is 41.0 Å². The van der Waals surface area contributed by atoms with E-state index in [9.17, 15) is 13.2 Å². The summed E-state index contributed by atoms with van der Waals surface area (Å²) in [5.41, 5.74) is 5.16. The number of rotatable bonds is 12. The third-order valence-corrected chi connectivity index (χ3v) is 7.11. The molecule has 0 saturated carbocycles. The number of methoxy groups -OCH3 is 1. The van der Waals surface area contributed by atoms with E-state index >= 15 is 0 Å². The molecule has 202 valence electrons. The van der Waals surface area contributed by atoms with E-state index in [0.717, 1.165) is 73.6 Å². The first kappa shape index (κ1) is 30.0. The van der Waals surface area contributed by atoms with Gasteiger partial charge in [-0.1, -0.05) is 29.4 Å². The fraction of sp³-hybridized carbons (Fsp3) is 0.600. The van der Waals surface area contributed by atoms with Gasteiger partial charge in [-0.05, 0) is 116 Å². The lowest BCUT2D eigenvalue weighted by Gasteiger charge is -2.37. The lowest BCUT2D eigenvalue weighted by atomic mass is 9.86. The molecule has 0 radical (unpaired) electrons. The smallest absolute Gasteiger partial charge is 0.412 e. The fourth-order valence-corrected chi connectivity index (χ4v) is 4.41. The lowest BCUT2D eigenvalue weighted by Crippen LogP contribution is -2.36.